The molecule has 112 valence electrons. The SMILES string of the molecule is CCCc1cnc(NC(=O)N[C@@H]2CCc3ncnn3C2)s1. The van der Waals surface area contributed by atoms with Crippen molar-refractivity contribution in [2.24, 2.45) is 0 Å². The van der Waals surface area contributed by atoms with E-state index in [4.69, 9.17) is 0 Å². The van der Waals surface area contributed by atoms with Gasteiger partial charge in [-0.2, -0.15) is 5.10 Å². The monoisotopic (exact) mass is 306 g/mol. The van der Waals surface area contributed by atoms with Crippen molar-refractivity contribution in [2.75, 3.05) is 5.32 Å². The molecule has 3 rings (SSSR count). The van der Waals surface area contributed by atoms with Gasteiger partial charge in [0.25, 0.3) is 0 Å². The Morgan fingerprint density at radius 1 is 1.52 bits per heavy atom. The van der Waals surface area contributed by atoms with Gasteiger partial charge < -0.3 is 5.32 Å². The van der Waals surface area contributed by atoms with Gasteiger partial charge >= 0.3 is 6.03 Å². The quantitative estimate of drug-likeness (QED) is 0.902. The molecule has 21 heavy (non-hydrogen) atoms. The van der Waals surface area contributed by atoms with Gasteiger partial charge in [0.2, 0.25) is 0 Å². The van der Waals surface area contributed by atoms with Gasteiger partial charge in [-0.1, -0.05) is 13.3 Å². The van der Waals surface area contributed by atoms with Crippen LogP contribution in [0.5, 0.6) is 0 Å². The zero-order valence-electron chi connectivity index (χ0n) is 11.9. The van der Waals surface area contributed by atoms with E-state index in [1.807, 2.05) is 10.9 Å². The number of urea groups is 1. The first-order valence-electron chi connectivity index (χ1n) is 7.13. The number of nitrogens with one attached hydrogen (secondary N) is 2. The van der Waals surface area contributed by atoms with Crippen LogP contribution in [-0.2, 0) is 19.4 Å². The van der Waals surface area contributed by atoms with Gasteiger partial charge in [0.15, 0.2) is 5.13 Å². The lowest BCUT2D eigenvalue weighted by atomic mass is 10.1. The van der Waals surface area contributed by atoms with Crippen LogP contribution >= 0.6 is 11.3 Å². The minimum atomic E-state index is -0.207. The summed E-state index contributed by atoms with van der Waals surface area (Å²) in [6.07, 6.45) is 7.18. The van der Waals surface area contributed by atoms with Crippen molar-refractivity contribution < 1.29 is 4.79 Å². The van der Waals surface area contributed by atoms with Crippen molar-refractivity contribution in [3.8, 4) is 0 Å². The molecule has 7 nitrogen and oxygen atoms in total. The van der Waals surface area contributed by atoms with Crippen molar-refractivity contribution in [1.82, 2.24) is 25.1 Å². The summed E-state index contributed by atoms with van der Waals surface area (Å²) < 4.78 is 1.84. The molecule has 0 saturated carbocycles. The maximum Gasteiger partial charge on any atom is 0.321 e. The van der Waals surface area contributed by atoms with E-state index in [1.165, 1.54) is 16.2 Å². The van der Waals surface area contributed by atoms with Crippen LogP contribution in [0.3, 0.4) is 0 Å². The van der Waals surface area contributed by atoms with Crippen molar-refractivity contribution in [3.63, 3.8) is 0 Å². The lowest BCUT2D eigenvalue weighted by Crippen LogP contribution is -2.43. The molecule has 0 aromatic carbocycles. The Bertz CT molecular complexity index is 622. The average Bonchev–Trinajstić information content (AvgIpc) is 3.08. The second kappa shape index (κ2) is 6.21. The number of carbonyl (C=O) groups is 1. The van der Waals surface area contributed by atoms with Crippen LogP contribution in [0.4, 0.5) is 9.93 Å². The summed E-state index contributed by atoms with van der Waals surface area (Å²) in [4.78, 5) is 21.6. The molecular weight excluding hydrogens is 288 g/mol. The molecule has 3 heterocycles. The third-order valence-corrected chi connectivity index (χ3v) is 4.38. The van der Waals surface area contributed by atoms with E-state index < -0.39 is 0 Å². The fourth-order valence-corrected chi connectivity index (χ4v) is 3.31. The summed E-state index contributed by atoms with van der Waals surface area (Å²) in [6.45, 7) is 2.79. The standard InChI is InChI=1S/C13H18N6OS/c1-2-3-10-6-14-13(21-10)18-12(20)17-9-4-5-11-15-8-16-19(11)7-9/h6,8-9H,2-5,7H2,1H3,(H2,14,17,18,20)/t9-/m1/s1. The number of aromatic nitrogens is 4. The lowest BCUT2D eigenvalue weighted by molar-refractivity contribution is 0.243. The van der Waals surface area contributed by atoms with Gasteiger partial charge in [0, 0.05) is 17.5 Å². The van der Waals surface area contributed by atoms with Crippen LogP contribution in [0.2, 0.25) is 0 Å². The first-order valence-corrected chi connectivity index (χ1v) is 7.95. The third-order valence-electron chi connectivity index (χ3n) is 3.41. The average molecular weight is 306 g/mol. The molecule has 1 aliphatic heterocycles. The smallest absolute Gasteiger partial charge is 0.321 e. The van der Waals surface area contributed by atoms with Gasteiger partial charge in [-0.25, -0.2) is 19.4 Å². The Balaban J connectivity index is 1.52. The zero-order chi connectivity index (χ0) is 14.7. The molecule has 0 bridgehead atoms. The molecule has 0 radical (unpaired) electrons. The Morgan fingerprint density at radius 2 is 2.43 bits per heavy atom. The summed E-state index contributed by atoms with van der Waals surface area (Å²) in [5.41, 5.74) is 0. The second-order valence-electron chi connectivity index (χ2n) is 5.07. The van der Waals surface area contributed by atoms with E-state index in [1.54, 1.807) is 6.33 Å². The van der Waals surface area contributed by atoms with Crippen LogP contribution in [0.1, 0.15) is 30.5 Å². The lowest BCUT2D eigenvalue weighted by Gasteiger charge is -2.23. The van der Waals surface area contributed by atoms with E-state index in [-0.39, 0.29) is 12.1 Å². The minimum absolute atomic E-state index is 0.0780. The highest BCUT2D eigenvalue weighted by Gasteiger charge is 2.21. The number of amides is 2. The number of fused-ring (bicyclic) bond motifs is 1. The first-order chi connectivity index (χ1) is 10.2. The molecule has 1 aliphatic rings. The van der Waals surface area contributed by atoms with E-state index in [2.05, 4.69) is 32.6 Å². The van der Waals surface area contributed by atoms with E-state index in [9.17, 15) is 4.79 Å². The van der Waals surface area contributed by atoms with Gasteiger partial charge in [-0.3, -0.25) is 5.32 Å². The van der Waals surface area contributed by atoms with Crippen LogP contribution in [-0.4, -0.2) is 31.8 Å². The highest BCUT2D eigenvalue weighted by atomic mass is 32.1. The molecule has 0 unspecified atom stereocenters. The van der Waals surface area contributed by atoms with E-state index >= 15 is 0 Å². The Kier molecular flexibility index (Phi) is 4.14. The summed E-state index contributed by atoms with van der Waals surface area (Å²) in [5.74, 6) is 0.984. The molecular formula is C13H18N6OS. The highest BCUT2D eigenvalue weighted by Crippen LogP contribution is 2.19. The van der Waals surface area contributed by atoms with Crippen LogP contribution in [0.25, 0.3) is 0 Å². The van der Waals surface area contributed by atoms with Crippen molar-refractivity contribution in [1.29, 1.82) is 0 Å². The fourth-order valence-electron chi connectivity index (χ4n) is 2.40. The van der Waals surface area contributed by atoms with Crippen molar-refractivity contribution in [3.05, 3.63) is 23.2 Å². The van der Waals surface area contributed by atoms with Gasteiger partial charge in [-0.05, 0) is 12.8 Å². The molecule has 8 heteroatoms. The molecule has 0 spiro atoms. The molecule has 0 saturated heterocycles. The third kappa shape index (κ3) is 3.38. The maximum absolute atomic E-state index is 12.0. The van der Waals surface area contributed by atoms with E-state index in [0.717, 1.165) is 31.5 Å². The second-order valence-corrected chi connectivity index (χ2v) is 6.19. The summed E-state index contributed by atoms with van der Waals surface area (Å²) in [7, 11) is 0. The molecule has 2 N–H and O–H groups in total. The van der Waals surface area contributed by atoms with Gasteiger partial charge in [-0.15, -0.1) is 11.3 Å². The largest absolute Gasteiger partial charge is 0.333 e. The normalized spacial score (nSPS) is 17.3. The van der Waals surface area contributed by atoms with Gasteiger partial charge in [0.05, 0.1) is 12.6 Å². The Labute approximate surface area is 126 Å². The molecule has 2 aromatic rings. The Morgan fingerprint density at radius 3 is 3.29 bits per heavy atom. The van der Waals surface area contributed by atoms with Crippen LogP contribution < -0.4 is 10.6 Å². The predicted octanol–water partition coefficient (Wildman–Crippen LogP) is 1.82. The van der Waals surface area contributed by atoms with Gasteiger partial charge in [0.1, 0.15) is 12.2 Å². The fraction of sp³-hybridized carbons (Fsp3) is 0.538. The van der Waals surface area contributed by atoms with Crippen LogP contribution in [0.15, 0.2) is 12.5 Å². The van der Waals surface area contributed by atoms with Crippen molar-refractivity contribution in [2.45, 2.75) is 45.2 Å². The number of rotatable bonds is 4. The topological polar surface area (TPSA) is 84.7 Å². The number of thiazole rings is 1. The Hall–Kier alpha value is -1.96. The minimum Gasteiger partial charge on any atom is -0.333 e. The number of aryl methyl sites for hydroxylation is 2. The number of anilines is 1. The zero-order valence-corrected chi connectivity index (χ0v) is 12.7. The summed E-state index contributed by atoms with van der Waals surface area (Å²) in [6, 6.07) is -0.129. The number of hydrogen-bond donors (Lipinski definition) is 2. The molecule has 2 amide bonds. The summed E-state index contributed by atoms with van der Waals surface area (Å²) >= 11 is 1.53. The number of nitrogens with zero attached hydrogens (tertiary/aromatic N) is 4. The van der Waals surface area contributed by atoms with Crippen LogP contribution in [0, 0.1) is 0 Å². The predicted molar refractivity (Wildman–Crippen MR) is 80.4 cm³/mol. The molecule has 1 atom stereocenters. The molecule has 0 aliphatic carbocycles. The number of carbonyl (C=O) groups excluding carboxylic acids is 1. The van der Waals surface area contributed by atoms with Crippen molar-refractivity contribution >= 4 is 22.5 Å². The maximum atomic E-state index is 12.0. The highest BCUT2D eigenvalue weighted by molar-refractivity contribution is 7.15. The summed E-state index contributed by atoms with van der Waals surface area (Å²) in [5, 5.41) is 10.6. The first kappa shape index (κ1) is 14.0. The molecule has 0 fully saturated rings. The molecule has 2 aromatic heterocycles. The number of hydrogen-bond acceptors (Lipinski definition) is 5. The van der Waals surface area contributed by atoms with E-state index in [0.29, 0.717) is 11.7 Å².